The molecule has 8 heteroatoms. The van der Waals surface area contributed by atoms with Crippen LogP contribution in [0.15, 0.2) is 94.7 Å². The highest BCUT2D eigenvalue weighted by molar-refractivity contribution is 5.89. The molecule has 8 nitrogen and oxygen atoms in total. The van der Waals surface area contributed by atoms with Crippen molar-refractivity contribution in [1.82, 2.24) is 0 Å². The Kier molecular flexibility index (Phi) is 6.49. The number of benzene rings is 3. The van der Waals surface area contributed by atoms with Crippen molar-refractivity contribution in [2.75, 3.05) is 6.61 Å². The number of carbonyl (C=O) groups is 1. The lowest BCUT2D eigenvalue weighted by molar-refractivity contribution is -0.384. The Morgan fingerprint density at radius 1 is 1.06 bits per heavy atom. The first-order valence-corrected chi connectivity index (χ1v) is 10.3. The summed E-state index contributed by atoms with van der Waals surface area (Å²) < 4.78 is 16.3. The summed E-state index contributed by atoms with van der Waals surface area (Å²) in [5.41, 5.74) is 1.72. The number of nitro groups is 1. The number of hydrogen-bond acceptors (Lipinski definition) is 7. The summed E-state index contributed by atoms with van der Waals surface area (Å²) in [6, 6.07) is 19.4. The molecule has 0 saturated carbocycles. The zero-order valence-corrected chi connectivity index (χ0v) is 17.9. The van der Waals surface area contributed by atoms with Gasteiger partial charge < -0.3 is 13.9 Å². The van der Waals surface area contributed by atoms with Gasteiger partial charge in [-0.25, -0.2) is 9.59 Å². The molecule has 170 valence electrons. The summed E-state index contributed by atoms with van der Waals surface area (Å²) >= 11 is 0. The van der Waals surface area contributed by atoms with Crippen molar-refractivity contribution in [1.29, 1.82) is 0 Å². The van der Waals surface area contributed by atoms with E-state index >= 15 is 0 Å². The predicted molar refractivity (Wildman–Crippen MR) is 126 cm³/mol. The van der Waals surface area contributed by atoms with Gasteiger partial charge in [0.2, 0.25) is 0 Å². The third-order valence-corrected chi connectivity index (χ3v) is 5.00. The average molecular weight is 457 g/mol. The SMILES string of the molecule is C=CCOC(=O)c1cccc(COc2ccc3cc(-c4ccc([N+](=O)[O-])cc4)c(=O)oc3c2)c1. The van der Waals surface area contributed by atoms with E-state index in [1.165, 1.54) is 30.3 Å². The number of carbonyl (C=O) groups excluding carboxylic acids is 1. The van der Waals surface area contributed by atoms with Crippen LogP contribution in [0.2, 0.25) is 0 Å². The van der Waals surface area contributed by atoms with Crippen molar-refractivity contribution < 1.29 is 23.6 Å². The number of hydrogen-bond donors (Lipinski definition) is 0. The normalized spacial score (nSPS) is 10.6. The van der Waals surface area contributed by atoms with Crippen molar-refractivity contribution in [2.45, 2.75) is 6.61 Å². The summed E-state index contributed by atoms with van der Waals surface area (Å²) in [5.74, 6) is 0.0384. The fraction of sp³-hybridized carbons (Fsp3) is 0.0769. The number of esters is 1. The van der Waals surface area contributed by atoms with Crippen LogP contribution in [0.3, 0.4) is 0 Å². The molecule has 0 bridgehead atoms. The van der Waals surface area contributed by atoms with Crippen molar-refractivity contribution in [2.24, 2.45) is 0 Å². The molecule has 34 heavy (non-hydrogen) atoms. The Morgan fingerprint density at radius 2 is 1.85 bits per heavy atom. The van der Waals surface area contributed by atoms with E-state index in [1.54, 1.807) is 42.5 Å². The first-order valence-electron chi connectivity index (χ1n) is 10.3. The Hall–Kier alpha value is -4.72. The number of nitro benzene ring substituents is 1. The number of fused-ring (bicyclic) bond motifs is 1. The first-order chi connectivity index (χ1) is 16.4. The van der Waals surface area contributed by atoms with E-state index in [4.69, 9.17) is 13.9 Å². The van der Waals surface area contributed by atoms with E-state index in [9.17, 15) is 19.7 Å². The summed E-state index contributed by atoms with van der Waals surface area (Å²) in [6.07, 6.45) is 1.50. The molecule has 0 radical (unpaired) electrons. The quantitative estimate of drug-likeness (QED) is 0.116. The Morgan fingerprint density at radius 3 is 2.59 bits per heavy atom. The first kappa shape index (κ1) is 22.5. The smallest absolute Gasteiger partial charge is 0.344 e. The van der Waals surface area contributed by atoms with Gasteiger partial charge in [0.25, 0.3) is 5.69 Å². The zero-order valence-electron chi connectivity index (χ0n) is 17.9. The van der Waals surface area contributed by atoms with Crippen LogP contribution in [-0.2, 0) is 11.3 Å². The van der Waals surface area contributed by atoms with E-state index in [2.05, 4.69) is 6.58 Å². The summed E-state index contributed by atoms with van der Waals surface area (Å²) in [6.45, 7) is 3.84. The molecule has 0 atom stereocenters. The molecule has 0 amide bonds. The van der Waals surface area contributed by atoms with Gasteiger partial charge in [-0.15, -0.1) is 0 Å². The van der Waals surface area contributed by atoms with Crippen molar-refractivity contribution in [3.8, 4) is 16.9 Å². The number of rotatable bonds is 8. The minimum absolute atomic E-state index is 0.0603. The molecule has 0 aliphatic rings. The summed E-state index contributed by atoms with van der Waals surface area (Å²) in [4.78, 5) is 34.9. The lowest BCUT2D eigenvalue weighted by Crippen LogP contribution is -2.06. The van der Waals surface area contributed by atoms with Crippen LogP contribution in [0, 0.1) is 10.1 Å². The third-order valence-electron chi connectivity index (χ3n) is 5.00. The fourth-order valence-corrected chi connectivity index (χ4v) is 3.32. The van der Waals surface area contributed by atoms with Gasteiger partial charge in [-0.1, -0.05) is 24.8 Å². The molecule has 0 N–H and O–H groups in total. The average Bonchev–Trinajstić information content (AvgIpc) is 2.85. The maximum Gasteiger partial charge on any atom is 0.344 e. The highest BCUT2D eigenvalue weighted by Crippen LogP contribution is 2.26. The molecular formula is C26H19NO7. The molecule has 0 aliphatic carbocycles. The monoisotopic (exact) mass is 457 g/mol. The Labute approximate surface area is 193 Å². The fourth-order valence-electron chi connectivity index (χ4n) is 3.32. The van der Waals surface area contributed by atoms with Crippen molar-refractivity contribution >= 4 is 22.6 Å². The second-order valence-corrected chi connectivity index (χ2v) is 7.33. The lowest BCUT2D eigenvalue weighted by atomic mass is 10.1. The standard InChI is InChI=1S/C26H19NO7/c1-2-12-32-25(28)20-5-3-4-17(13-20)16-33-22-11-8-19-14-23(26(29)34-24(19)15-22)18-6-9-21(10-7-18)27(30)31/h2-11,13-15H,1,12,16H2. The number of ether oxygens (including phenoxy) is 2. The van der Waals surface area contributed by atoms with Gasteiger partial charge >= 0.3 is 11.6 Å². The second-order valence-electron chi connectivity index (χ2n) is 7.33. The Balaban J connectivity index is 1.52. The minimum atomic E-state index is -0.566. The van der Waals surface area contributed by atoms with Crippen LogP contribution in [0.5, 0.6) is 5.75 Å². The molecule has 0 aliphatic heterocycles. The molecule has 0 spiro atoms. The summed E-state index contributed by atoms with van der Waals surface area (Å²) in [5, 5.41) is 11.5. The van der Waals surface area contributed by atoms with Gasteiger partial charge in [0.1, 0.15) is 24.5 Å². The van der Waals surface area contributed by atoms with E-state index in [0.29, 0.717) is 33.4 Å². The summed E-state index contributed by atoms with van der Waals surface area (Å²) in [7, 11) is 0. The highest BCUT2D eigenvalue weighted by atomic mass is 16.6. The minimum Gasteiger partial charge on any atom is -0.489 e. The molecule has 0 fully saturated rings. The topological polar surface area (TPSA) is 109 Å². The van der Waals surface area contributed by atoms with Crippen LogP contribution in [0.1, 0.15) is 15.9 Å². The lowest BCUT2D eigenvalue weighted by Gasteiger charge is -2.09. The van der Waals surface area contributed by atoms with E-state index in [1.807, 2.05) is 6.07 Å². The molecule has 1 heterocycles. The third kappa shape index (κ3) is 5.02. The van der Waals surface area contributed by atoms with E-state index in [-0.39, 0.29) is 18.9 Å². The van der Waals surface area contributed by atoms with Crippen LogP contribution < -0.4 is 10.4 Å². The van der Waals surface area contributed by atoms with E-state index < -0.39 is 16.5 Å². The largest absolute Gasteiger partial charge is 0.489 e. The molecule has 3 aromatic carbocycles. The van der Waals surface area contributed by atoms with Crippen LogP contribution in [0.25, 0.3) is 22.1 Å². The van der Waals surface area contributed by atoms with E-state index in [0.717, 1.165) is 5.56 Å². The van der Waals surface area contributed by atoms with Gasteiger partial charge in [0.15, 0.2) is 0 Å². The Bertz CT molecular complexity index is 1440. The predicted octanol–water partition coefficient (Wildman–Crippen LogP) is 5.29. The van der Waals surface area contributed by atoms with Crippen molar-refractivity contribution in [3.05, 3.63) is 117 Å². The molecule has 1 aromatic heterocycles. The highest BCUT2D eigenvalue weighted by Gasteiger charge is 2.12. The van der Waals surface area contributed by atoms with Gasteiger partial charge in [-0.2, -0.15) is 0 Å². The maximum atomic E-state index is 12.5. The van der Waals surface area contributed by atoms with Gasteiger partial charge in [0.05, 0.1) is 16.1 Å². The van der Waals surface area contributed by atoms with Gasteiger partial charge in [-0.3, -0.25) is 10.1 Å². The molecule has 0 saturated heterocycles. The van der Waals surface area contributed by atoms with Crippen molar-refractivity contribution in [3.63, 3.8) is 0 Å². The molecular weight excluding hydrogens is 438 g/mol. The number of non-ortho nitro benzene ring substituents is 1. The molecule has 4 aromatic rings. The van der Waals surface area contributed by atoms with Gasteiger partial charge in [0, 0.05) is 23.6 Å². The zero-order chi connectivity index (χ0) is 24.1. The van der Waals surface area contributed by atoms with Gasteiger partial charge in [-0.05, 0) is 53.6 Å². The second kappa shape index (κ2) is 9.83. The number of nitrogens with zero attached hydrogens (tertiary/aromatic N) is 1. The molecule has 0 unspecified atom stereocenters. The molecule has 4 rings (SSSR count). The maximum absolute atomic E-state index is 12.5. The van der Waals surface area contributed by atoms with Crippen LogP contribution >= 0.6 is 0 Å². The van der Waals surface area contributed by atoms with Crippen LogP contribution in [0.4, 0.5) is 5.69 Å². The van der Waals surface area contributed by atoms with Crippen LogP contribution in [-0.4, -0.2) is 17.5 Å².